The van der Waals surface area contributed by atoms with Crippen molar-refractivity contribution in [2.24, 2.45) is 0 Å². The Bertz CT molecular complexity index is 1190. The Morgan fingerprint density at radius 1 is 1.03 bits per heavy atom. The van der Waals surface area contributed by atoms with Gasteiger partial charge in [-0.3, -0.25) is 14.3 Å². The van der Waals surface area contributed by atoms with E-state index in [1.165, 1.54) is 0 Å². The maximum Gasteiger partial charge on any atom is 0.328 e. The molecule has 6 nitrogen and oxygen atoms in total. The van der Waals surface area contributed by atoms with Crippen molar-refractivity contribution < 1.29 is 9.47 Å². The summed E-state index contributed by atoms with van der Waals surface area (Å²) in [6, 6.07) is 20.2. The fourth-order valence-electron chi connectivity index (χ4n) is 4.59. The lowest BCUT2D eigenvalue weighted by Gasteiger charge is -2.23. The summed E-state index contributed by atoms with van der Waals surface area (Å²) in [5.41, 5.74) is 2.10. The third-order valence-corrected chi connectivity index (χ3v) is 8.17. The van der Waals surface area contributed by atoms with Crippen molar-refractivity contribution in [2.75, 3.05) is 6.61 Å². The summed E-state index contributed by atoms with van der Waals surface area (Å²) in [5, 5.41) is 0.210. The maximum absolute atomic E-state index is 12.6. The van der Waals surface area contributed by atoms with Crippen molar-refractivity contribution in [1.29, 1.82) is 0 Å². The summed E-state index contributed by atoms with van der Waals surface area (Å²) in [4.78, 5) is 26.8. The van der Waals surface area contributed by atoms with Crippen LogP contribution in [-0.2, 0) is 22.7 Å². The van der Waals surface area contributed by atoms with E-state index in [9.17, 15) is 9.59 Å². The van der Waals surface area contributed by atoms with Gasteiger partial charge in [0.05, 0.1) is 36.7 Å². The highest BCUT2D eigenvalue weighted by Gasteiger charge is 2.70. The number of nitrogens with zero attached hydrogens (tertiary/aromatic N) is 1. The molecule has 5 rings (SSSR count). The van der Waals surface area contributed by atoms with Crippen LogP contribution >= 0.6 is 11.8 Å². The second-order valence-corrected chi connectivity index (χ2v) is 10.0. The molecule has 1 saturated heterocycles. The van der Waals surface area contributed by atoms with Gasteiger partial charge in [-0.1, -0.05) is 60.7 Å². The lowest BCUT2D eigenvalue weighted by molar-refractivity contribution is 0.00183. The lowest BCUT2D eigenvalue weighted by Crippen LogP contribution is -2.34. The standard InChI is InChI=1S/C25H26N2O4S/c1-17-13-27(24(29)26-23(17)28)20-12-21(31-15-19-10-6-3-7-11-19)25(22(20)32-25)16-30-14-18-8-4-2-5-9-18/h2-11,13,20-22H,12,14-16H2,1H3,(H,26,28,29)/t20-,21-,22+,25-/m0/s1. The molecule has 7 heteroatoms. The molecule has 1 aliphatic heterocycles. The Morgan fingerprint density at radius 2 is 1.69 bits per heavy atom. The normalized spacial score (nSPS) is 26.1. The molecule has 0 radical (unpaired) electrons. The molecule has 1 saturated carbocycles. The Balaban J connectivity index is 1.35. The molecular formula is C25H26N2O4S. The molecule has 2 fully saturated rings. The molecule has 2 heterocycles. The lowest BCUT2D eigenvalue weighted by atomic mass is 10.1. The average Bonchev–Trinajstić information content (AvgIpc) is 3.45. The number of nitrogens with one attached hydrogen (secondary N) is 1. The molecule has 2 aromatic carbocycles. The molecule has 166 valence electrons. The van der Waals surface area contributed by atoms with Gasteiger partial charge in [0.15, 0.2) is 0 Å². The summed E-state index contributed by atoms with van der Waals surface area (Å²) in [5.74, 6) is 0. The van der Waals surface area contributed by atoms with E-state index < -0.39 is 0 Å². The third-order valence-electron chi connectivity index (χ3n) is 6.36. The first-order valence-electron chi connectivity index (χ1n) is 10.8. The van der Waals surface area contributed by atoms with Gasteiger partial charge in [-0.2, -0.15) is 0 Å². The van der Waals surface area contributed by atoms with Gasteiger partial charge in [-0.25, -0.2) is 4.79 Å². The summed E-state index contributed by atoms with van der Waals surface area (Å²) >= 11 is 1.82. The number of benzene rings is 2. The van der Waals surface area contributed by atoms with Gasteiger partial charge in [0.25, 0.3) is 5.56 Å². The molecule has 1 aromatic heterocycles. The zero-order valence-corrected chi connectivity index (χ0v) is 18.7. The van der Waals surface area contributed by atoms with E-state index in [1.54, 1.807) is 17.7 Å². The number of ether oxygens (including phenoxy) is 2. The number of hydrogen-bond acceptors (Lipinski definition) is 5. The van der Waals surface area contributed by atoms with Crippen molar-refractivity contribution in [3.8, 4) is 0 Å². The van der Waals surface area contributed by atoms with Crippen molar-refractivity contribution in [3.63, 3.8) is 0 Å². The van der Waals surface area contributed by atoms with Crippen LogP contribution in [-0.4, -0.2) is 32.3 Å². The Kier molecular flexibility index (Phi) is 5.80. The van der Waals surface area contributed by atoms with Crippen molar-refractivity contribution in [1.82, 2.24) is 9.55 Å². The monoisotopic (exact) mass is 450 g/mol. The number of aryl methyl sites for hydroxylation is 1. The highest BCUT2D eigenvalue weighted by atomic mass is 32.2. The Hall–Kier alpha value is -2.61. The molecule has 2 aliphatic rings. The van der Waals surface area contributed by atoms with E-state index in [-0.39, 0.29) is 33.4 Å². The predicted octanol–water partition coefficient (Wildman–Crippen LogP) is 3.45. The van der Waals surface area contributed by atoms with E-state index >= 15 is 0 Å². The van der Waals surface area contributed by atoms with Gasteiger partial charge in [-0.05, 0) is 24.5 Å². The van der Waals surface area contributed by atoms with E-state index in [0.717, 1.165) is 11.1 Å². The van der Waals surface area contributed by atoms with Crippen LogP contribution in [0.25, 0.3) is 0 Å². The summed E-state index contributed by atoms with van der Waals surface area (Å²) in [6.45, 7) is 3.35. The Labute approximate surface area is 190 Å². The number of H-pyrrole nitrogens is 1. The van der Waals surface area contributed by atoms with Crippen LogP contribution in [0.2, 0.25) is 0 Å². The van der Waals surface area contributed by atoms with Crippen LogP contribution in [0.15, 0.2) is 76.4 Å². The highest BCUT2D eigenvalue weighted by Crippen LogP contribution is 2.68. The fourth-order valence-corrected chi connectivity index (χ4v) is 6.24. The van der Waals surface area contributed by atoms with Crippen LogP contribution in [0.4, 0.5) is 0 Å². The number of aromatic amines is 1. The topological polar surface area (TPSA) is 73.3 Å². The average molecular weight is 451 g/mol. The van der Waals surface area contributed by atoms with E-state index in [1.807, 2.05) is 48.2 Å². The summed E-state index contributed by atoms with van der Waals surface area (Å²) in [6.07, 6.45) is 2.35. The molecule has 0 spiro atoms. The van der Waals surface area contributed by atoms with Crippen LogP contribution < -0.4 is 11.2 Å². The van der Waals surface area contributed by atoms with Crippen LogP contribution in [0.3, 0.4) is 0 Å². The van der Waals surface area contributed by atoms with E-state index in [4.69, 9.17) is 9.47 Å². The first-order valence-corrected chi connectivity index (χ1v) is 11.7. The van der Waals surface area contributed by atoms with Gasteiger partial charge >= 0.3 is 5.69 Å². The minimum Gasteiger partial charge on any atom is -0.375 e. The first kappa shape index (κ1) is 21.2. The largest absolute Gasteiger partial charge is 0.375 e. The number of thioether (sulfide) groups is 1. The fraction of sp³-hybridized carbons (Fsp3) is 0.360. The number of hydrogen-bond donors (Lipinski definition) is 1. The van der Waals surface area contributed by atoms with Gasteiger partial charge in [0.1, 0.15) is 0 Å². The second-order valence-electron chi connectivity index (χ2n) is 8.54. The minimum atomic E-state index is -0.360. The second kappa shape index (κ2) is 8.73. The quantitative estimate of drug-likeness (QED) is 0.532. The van der Waals surface area contributed by atoms with Crippen LogP contribution in [0.1, 0.15) is 29.2 Å². The molecule has 4 atom stereocenters. The van der Waals surface area contributed by atoms with Crippen molar-refractivity contribution in [3.05, 3.63) is 104 Å². The predicted molar refractivity (Wildman–Crippen MR) is 125 cm³/mol. The molecule has 1 N–H and O–H groups in total. The maximum atomic E-state index is 12.6. The SMILES string of the molecule is Cc1cn([C@H]2C[C@H](OCc3ccccc3)[C@]3(COCc4ccccc4)S[C@H]23)c(=O)[nH]c1=O. The smallest absolute Gasteiger partial charge is 0.328 e. The summed E-state index contributed by atoms with van der Waals surface area (Å²) < 4.78 is 14.0. The number of fused-ring (bicyclic) bond motifs is 1. The zero-order valence-electron chi connectivity index (χ0n) is 17.9. The van der Waals surface area contributed by atoms with Crippen molar-refractivity contribution in [2.45, 2.75) is 48.7 Å². The van der Waals surface area contributed by atoms with E-state index in [2.05, 4.69) is 29.2 Å². The molecule has 0 unspecified atom stereocenters. The van der Waals surface area contributed by atoms with Gasteiger partial charge < -0.3 is 9.47 Å². The third kappa shape index (κ3) is 4.08. The number of aromatic nitrogens is 2. The van der Waals surface area contributed by atoms with E-state index in [0.29, 0.717) is 31.8 Å². The zero-order chi connectivity index (χ0) is 22.1. The van der Waals surface area contributed by atoms with Crippen LogP contribution in [0.5, 0.6) is 0 Å². The van der Waals surface area contributed by atoms with Gasteiger partial charge in [-0.15, -0.1) is 11.8 Å². The first-order chi connectivity index (χ1) is 15.6. The number of rotatable bonds is 8. The molecule has 0 amide bonds. The van der Waals surface area contributed by atoms with Gasteiger partial charge in [0, 0.05) is 17.0 Å². The molecule has 32 heavy (non-hydrogen) atoms. The molecule has 3 aromatic rings. The molecule has 0 bridgehead atoms. The van der Waals surface area contributed by atoms with Crippen molar-refractivity contribution >= 4 is 11.8 Å². The van der Waals surface area contributed by atoms with Gasteiger partial charge in [0.2, 0.25) is 0 Å². The summed E-state index contributed by atoms with van der Waals surface area (Å²) in [7, 11) is 0. The molecule has 1 aliphatic carbocycles. The Morgan fingerprint density at radius 3 is 2.38 bits per heavy atom. The van der Waals surface area contributed by atoms with Crippen LogP contribution in [0, 0.1) is 6.92 Å². The minimum absolute atomic E-state index is 0.0378. The molecular weight excluding hydrogens is 424 g/mol. The highest BCUT2D eigenvalue weighted by molar-refractivity contribution is 8.09.